The average Bonchev–Trinajstić information content (AvgIpc) is 2.70. The van der Waals surface area contributed by atoms with Crippen LogP contribution in [0.5, 0.6) is 0 Å². The molecule has 0 saturated heterocycles. The van der Waals surface area contributed by atoms with Gasteiger partial charge in [0.2, 0.25) is 0 Å². The van der Waals surface area contributed by atoms with E-state index < -0.39 is 12.3 Å². The van der Waals surface area contributed by atoms with Crippen molar-refractivity contribution in [1.82, 2.24) is 0 Å². The van der Waals surface area contributed by atoms with Crippen molar-refractivity contribution >= 4 is 0 Å². The van der Waals surface area contributed by atoms with Gasteiger partial charge in [0.1, 0.15) is 6.17 Å². The Hall–Kier alpha value is -0.110. The van der Waals surface area contributed by atoms with Crippen LogP contribution < -0.4 is 0 Å². The normalized spacial score (nSPS) is 60.0. The predicted octanol–water partition coefficient (Wildman–Crippen LogP) is 4.73. The highest BCUT2D eigenvalue weighted by Gasteiger charge is 2.61. The smallest absolute Gasteiger partial charge is 0.127 e. The molecule has 21 heavy (non-hydrogen) atoms. The van der Waals surface area contributed by atoms with Gasteiger partial charge in [0.05, 0.1) is 6.10 Å². The van der Waals surface area contributed by atoms with Crippen molar-refractivity contribution in [2.45, 2.75) is 83.9 Å². The molecule has 0 spiro atoms. The third-order valence-corrected chi connectivity index (χ3v) is 8.52. The molecule has 8 atom stereocenters. The summed E-state index contributed by atoms with van der Waals surface area (Å²) in [5, 5.41) is 10.4. The van der Waals surface area contributed by atoms with Crippen LogP contribution >= 0.6 is 0 Å². The van der Waals surface area contributed by atoms with Crippen LogP contribution in [-0.4, -0.2) is 17.4 Å². The average molecular weight is 294 g/mol. The Morgan fingerprint density at radius 1 is 0.905 bits per heavy atom. The standard InChI is InChI=1S/C19H31FO/c1-18-9-4-3-5-12(18)6-7-13-14(18)8-10-19(2)15(13)11-16(20)17(19)21/h12-17,21H,3-11H2,1-2H3/t12-,13-,14+,15+,16-,17-,18+,19+/m1/s1. The van der Waals surface area contributed by atoms with Gasteiger partial charge in [0, 0.05) is 0 Å². The Labute approximate surface area is 128 Å². The molecule has 4 aliphatic carbocycles. The minimum Gasteiger partial charge on any atom is -0.390 e. The number of aliphatic hydroxyl groups excluding tert-OH is 1. The minimum atomic E-state index is -0.976. The third kappa shape index (κ3) is 1.84. The molecule has 4 saturated carbocycles. The molecule has 0 bridgehead atoms. The maximum absolute atomic E-state index is 14.2. The summed E-state index contributed by atoms with van der Waals surface area (Å²) in [6, 6.07) is 0. The van der Waals surface area contributed by atoms with Crippen LogP contribution in [0.15, 0.2) is 0 Å². The van der Waals surface area contributed by atoms with E-state index in [1.54, 1.807) is 0 Å². The molecule has 1 nitrogen and oxygen atoms in total. The van der Waals surface area contributed by atoms with E-state index in [9.17, 15) is 9.50 Å². The topological polar surface area (TPSA) is 20.2 Å². The van der Waals surface area contributed by atoms with Crippen molar-refractivity contribution in [3.8, 4) is 0 Å². The molecule has 0 unspecified atom stereocenters. The van der Waals surface area contributed by atoms with E-state index in [1.807, 2.05) is 0 Å². The van der Waals surface area contributed by atoms with E-state index >= 15 is 0 Å². The molecular weight excluding hydrogens is 263 g/mol. The summed E-state index contributed by atoms with van der Waals surface area (Å²) in [5.41, 5.74) is 0.375. The number of halogens is 1. The summed E-state index contributed by atoms with van der Waals surface area (Å²) >= 11 is 0. The van der Waals surface area contributed by atoms with Crippen LogP contribution in [0.1, 0.15) is 71.6 Å². The molecule has 0 aliphatic heterocycles. The second-order valence-corrected chi connectivity index (χ2v) is 9.14. The van der Waals surface area contributed by atoms with Crippen molar-refractivity contribution in [3.63, 3.8) is 0 Å². The molecule has 4 aliphatic rings. The van der Waals surface area contributed by atoms with E-state index in [-0.39, 0.29) is 5.41 Å². The van der Waals surface area contributed by atoms with E-state index in [0.717, 1.165) is 18.3 Å². The molecule has 4 rings (SSSR count). The Kier molecular flexibility index (Phi) is 3.24. The van der Waals surface area contributed by atoms with Crippen LogP contribution in [0.25, 0.3) is 0 Å². The van der Waals surface area contributed by atoms with Crippen LogP contribution in [0.4, 0.5) is 4.39 Å². The van der Waals surface area contributed by atoms with Crippen LogP contribution in [0.3, 0.4) is 0 Å². The van der Waals surface area contributed by atoms with Gasteiger partial charge in [-0.25, -0.2) is 4.39 Å². The lowest BCUT2D eigenvalue weighted by atomic mass is 9.45. The maximum atomic E-state index is 14.2. The monoisotopic (exact) mass is 294 g/mol. The van der Waals surface area contributed by atoms with Crippen molar-refractivity contribution < 1.29 is 9.50 Å². The van der Waals surface area contributed by atoms with Crippen LogP contribution in [-0.2, 0) is 0 Å². The molecule has 0 aromatic carbocycles. The zero-order valence-electron chi connectivity index (χ0n) is 13.7. The van der Waals surface area contributed by atoms with E-state index in [1.165, 1.54) is 44.9 Å². The van der Waals surface area contributed by atoms with E-state index in [4.69, 9.17) is 0 Å². The minimum absolute atomic E-state index is 0.140. The zero-order valence-corrected chi connectivity index (χ0v) is 13.7. The van der Waals surface area contributed by atoms with Gasteiger partial charge in [-0.1, -0.05) is 26.7 Å². The highest BCUT2D eigenvalue weighted by Crippen LogP contribution is 2.66. The summed E-state index contributed by atoms with van der Waals surface area (Å²) in [6.45, 7) is 4.72. The first-order valence-electron chi connectivity index (χ1n) is 9.29. The van der Waals surface area contributed by atoms with Gasteiger partial charge in [-0.3, -0.25) is 0 Å². The fourth-order valence-corrected chi connectivity index (χ4v) is 7.24. The Morgan fingerprint density at radius 3 is 2.52 bits per heavy atom. The van der Waals surface area contributed by atoms with Gasteiger partial charge in [-0.2, -0.15) is 0 Å². The molecule has 0 radical (unpaired) electrons. The first-order valence-corrected chi connectivity index (χ1v) is 9.29. The lowest BCUT2D eigenvalue weighted by Crippen LogP contribution is -2.53. The maximum Gasteiger partial charge on any atom is 0.127 e. The van der Waals surface area contributed by atoms with Gasteiger partial charge in [0.25, 0.3) is 0 Å². The quantitative estimate of drug-likeness (QED) is 0.685. The highest BCUT2D eigenvalue weighted by atomic mass is 19.1. The van der Waals surface area contributed by atoms with Gasteiger partial charge >= 0.3 is 0 Å². The molecule has 4 fully saturated rings. The first kappa shape index (κ1) is 14.5. The zero-order chi connectivity index (χ0) is 14.8. The second kappa shape index (κ2) is 4.69. The molecule has 1 N–H and O–H groups in total. The summed E-state index contributed by atoms with van der Waals surface area (Å²) in [6.07, 6.45) is 9.51. The Bertz CT molecular complexity index is 424. The fraction of sp³-hybridized carbons (Fsp3) is 1.00. The largest absolute Gasteiger partial charge is 0.390 e. The number of hydrogen-bond donors (Lipinski definition) is 1. The second-order valence-electron chi connectivity index (χ2n) is 9.14. The molecule has 0 aromatic rings. The first-order chi connectivity index (χ1) is 9.97. The molecule has 120 valence electrons. The number of hydrogen-bond acceptors (Lipinski definition) is 1. The van der Waals surface area contributed by atoms with Crippen LogP contribution in [0, 0.1) is 34.5 Å². The van der Waals surface area contributed by atoms with E-state index in [2.05, 4.69) is 13.8 Å². The molecular formula is C19H31FO. The highest BCUT2D eigenvalue weighted by molar-refractivity contribution is 5.11. The van der Waals surface area contributed by atoms with Crippen molar-refractivity contribution in [2.24, 2.45) is 34.5 Å². The molecule has 2 heteroatoms. The Balaban J connectivity index is 1.65. The van der Waals surface area contributed by atoms with Crippen molar-refractivity contribution in [3.05, 3.63) is 0 Å². The number of rotatable bonds is 0. The summed E-state index contributed by atoms with van der Waals surface area (Å²) in [4.78, 5) is 0. The lowest BCUT2D eigenvalue weighted by molar-refractivity contribution is -0.122. The lowest BCUT2D eigenvalue weighted by Gasteiger charge is -2.60. The number of alkyl halides is 1. The SMILES string of the molecule is C[C@]12CCCC[C@@H]1CC[C@@H]1[C@@H]2CC[C@]2(C)[C@H](O)[C@H](F)C[C@@H]12. The molecule has 0 heterocycles. The summed E-state index contributed by atoms with van der Waals surface area (Å²) in [7, 11) is 0. The third-order valence-electron chi connectivity index (χ3n) is 8.52. The number of fused-ring (bicyclic) bond motifs is 5. The van der Waals surface area contributed by atoms with Crippen LogP contribution in [0.2, 0.25) is 0 Å². The van der Waals surface area contributed by atoms with Gasteiger partial charge in [-0.15, -0.1) is 0 Å². The van der Waals surface area contributed by atoms with Gasteiger partial charge in [0.15, 0.2) is 0 Å². The fourth-order valence-electron chi connectivity index (χ4n) is 7.24. The number of aliphatic hydroxyl groups is 1. The molecule has 0 amide bonds. The van der Waals surface area contributed by atoms with Gasteiger partial charge < -0.3 is 5.11 Å². The Morgan fingerprint density at radius 2 is 1.71 bits per heavy atom. The summed E-state index contributed by atoms with van der Waals surface area (Å²) in [5.74, 6) is 2.83. The van der Waals surface area contributed by atoms with E-state index in [0.29, 0.717) is 23.7 Å². The van der Waals surface area contributed by atoms with Crippen molar-refractivity contribution in [1.29, 1.82) is 0 Å². The predicted molar refractivity (Wildman–Crippen MR) is 82.6 cm³/mol. The molecule has 0 aromatic heterocycles. The summed E-state index contributed by atoms with van der Waals surface area (Å²) < 4.78 is 14.2. The van der Waals surface area contributed by atoms with Crippen molar-refractivity contribution in [2.75, 3.05) is 0 Å². The van der Waals surface area contributed by atoms with Gasteiger partial charge in [-0.05, 0) is 79.4 Å².